The van der Waals surface area contributed by atoms with Gasteiger partial charge in [0.15, 0.2) is 0 Å². The summed E-state index contributed by atoms with van der Waals surface area (Å²) in [4.78, 5) is 15.7. The average Bonchev–Trinajstić information content (AvgIpc) is 3.15. The molecule has 0 atom stereocenters. The number of aromatic carboxylic acids is 1. The van der Waals surface area contributed by atoms with E-state index in [0.717, 1.165) is 39.2 Å². The highest BCUT2D eigenvalue weighted by atomic mass is 16.5. The van der Waals surface area contributed by atoms with E-state index in [9.17, 15) is 4.79 Å². The number of rotatable bonds is 6. The lowest BCUT2D eigenvalue weighted by Crippen LogP contribution is -2.05. The molecule has 0 aliphatic rings. The van der Waals surface area contributed by atoms with Gasteiger partial charge in [0.05, 0.1) is 22.7 Å². The summed E-state index contributed by atoms with van der Waals surface area (Å²) in [6.45, 7) is 5.83. The minimum atomic E-state index is -0.906. The maximum absolute atomic E-state index is 11.2. The van der Waals surface area contributed by atoms with Gasteiger partial charge in [-0.05, 0) is 79.9 Å². The second-order valence-electron chi connectivity index (χ2n) is 7.74. The molecular formula is C26H24N2O3. The van der Waals surface area contributed by atoms with E-state index in [1.165, 1.54) is 0 Å². The molecule has 0 radical (unpaired) electrons. The van der Waals surface area contributed by atoms with Crippen LogP contribution in [-0.2, 0) is 0 Å². The predicted molar refractivity (Wildman–Crippen MR) is 124 cm³/mol. The molecule has 0 amide bonds. The van der Waals surface area contributed by atoms with Crippen LogP contribution in [0.3, 0.4) is 0 Å². The van der Waals surface area contributed by atoms with Gasteiger partial charge in [-0.15, -0.1) is 0 Å². The number of carboxylic acids is 1. The lowest BCUT2D eigenvalue weighted by molar-refractivity contribution is 0.0696. The summed E-state index contributed by atoms with van der Waals surface area (Å²) in [6.07, 6.45) is 5.95. The highest BCUT2D eigenvalue weighted by Gasteiger charge is 2.07. The van der Waals surface area contributed by atoms with Gasteiger partial charge in [-0.25, -0.2) is 9.78 Å². The molecular weight excluding hydrogens is 388 g/mol. The maximum Gasteiger partial charge on any atom is 0.335 e. The van der Waals surface area contributed by atoms with Crippen molar-refractivity contribution in [3.05, 3.63) is 89.2 Å². The first-order valence-corrected chi connectivity index (χ1v) is 10.2. The van der Waals surface area contributed by atoms with Crippen molar-refractivity contribution in [1.82, 2.24) is 9.55 Å². The Kier molecular flexibility index (Phi) is 5.58. The first kappa shape index (κ1) is 20.4. The molecule has 0 aliphatic heterocycles. The molecule has 0 saturated heterocycles. The van der Waals surface area contributed by atoms with Crippen molar-refractivity contribution in [2.45, 2.75) is 26.9 Å². The highest BCUT2D eigenvalue weighted by Crippen LogP contribution is 2.23. The van der Waals surface area contributed by atoms with Gasteiger partial charge >= 0.3 is 5.97 Å². The SMILES string of the molecule is Cc1cc(C=Cc2ccc3c(c2)ncn3-c2ccc(OC(C)C)cc2)ccc1C(=O)O. The third kappa shape index (κ3) is 4.51. The van der Waals surface area contributed by atoms with E-state index in [1.54, 1.807) is 13.0 Å². The summed E-state index contributed by atoms with van der Waals surface area (Å²) in [5.74, 6) is -0.0571. The molecule has 156 valence electrons. The molecule has 3 aromatic carbocycles. The Balaban J connectivity index is 1.57. The van der Waals surface area contributed by atoms with E-state index < -0.39 is 5.97 Å². The number of fused-ring (bicyclic) bond motifs is 1. The van der Waals surface area contributed by atoms with Crippen molar-refractivity contribution in [2.24, 2.45) is 0 Å². The Morgan fingerprint density at radius 1 is 1.00 bits per heavy atom. The first-order valence-electron chi connectivity index (χ1n) is 10.2. The third-order valence-electron chi connectivity index (χ3n) is 5.01. The van der Waals surface area contributed by atoms with Crippen molar-refractivity contribution in [3.8, 4) is 11.4 Å². The molecule has 1 aromatic heterocycles. The van der Waals surface area contributed by atoms with Crippen molar-refractivity contribution in [3.63, 3.8) is 0 Å². The van der Waals surface area contributed by atoms with Crippen LogP contribution in [-0.4, -0.2) is 26.7 Å². The minimum absolute atomic E-state index is 0.144. The van der Waals surface area contributed by atoms with E-state index >= 15 is 0 Å². The van der Waals surface area contributed by atoms with Crippen LogP contribution < -0.4 is 4.74 Å². The number of imidazole rings is 1. The van der Waals surface area contributed by atoms with Gasteiger partial charge in [-0.2, -0.15) is 0 Å². The van der Waals surface area contributed by atoms with E-state index in [4.69, 9.17) is 9.84 Å². The number of aryl methyl sites for hydroxylation is 1. The number of ether oxygens (including phenoxy) is 1. The quantitative estimate of drug-likeness (QED) is 0.395. The summed E-state index contributed by atoms with van der Waals surface area (Å²) in [5.41, 5.74) is 6.01. The van der Waals surface area contributed by atoms with Crippen LogP contribution in [0.1, 0.15) is 40.9 Å². The standard InChI is InChI=1S/C26H24N2O3/c1-17(2)31-22-10-8-21(9-11-22)28-16-27-24-15-20(7-13-25(24)28)5-4-19-6-12-23(26(29)30)18(3)14-19/h4-17H,1-3H3,(H,29,30). The molecule has 1 heterocycles. The zero-order valence-electron chi connectivity index (χ0n) is 17.7. The number of nitrogens with zero attached hydrogens (tertiary/aromatic N) is 2. The fraction of sp³-hybridized carbons (Fsp3) is 0.154. The number of carbonyl (C=O) groups is 1. The zero-order chi connectivity index (χ0) is 22.0. The van der Waals surface area contributed by atoms with Gasteiger partial charge in [-0.1, -0.05) is 30.4 Å². The Hall–Kier alpha value is -3.86. The normalized spacial score (nSPS) is 11.5. The van der Waals surface area contributed by atoms with Crippen LogP contribution in [0, 0.1) is 6.92 Å². The highest BCUT2D eigenvalue weighted by molar-refractivity contribution is 5.90. The topological polar surface area (TPSA) is 64.4 Å². The minimum Gasteiger partial charge on any atom is -0.491 e. The summed E-state index contributed by atoms with van der Waals surface area (Å²) >= 11 is 0. The number of hydrogen-bond donors (Lipinski definition) is 1. The molecule has 5 heteroatoms. The predicted octanol–water partition coefficient (Wildman–Crippen LogP) is 5.99. The van der Waals surface area contributed by atoms with Gasteiger partial charge < -0.3 is 9.84 Å². The summed E-state index contributed by atoms with van der Waals surface area (Å²) in [6, 6.07) is 19.5. The number of carboxylic acid groups (broad SMARTS) is 1. The lowest BCUT2D eigenvalue weighted by atomic mass is 10.0. The van der Waals surface area contributed by atoms with Crippen LogP contribution in [0.4, 0.5) is 0 Å². The molecule has 0 saturated carbocycles. The third-order valence-corrected chi connectivity index (χ3v) is 5.01. The van der Waals surface area contributed by atoms with Crippen molar-refractivity contribution in [2.75, 3.05) is 0 Å². The van der Waals surface area contributed by atoms with E-state index in [1.807, 2.05) is 80.9 Å². The molecule has 4 aromatic rings. The smallest absolute Gasteiger partial charge is 0.335 e. The van der Waals surface area contributed by atoms with Crippen molar-refractivity contribution >= 4 is 29.2 Å². The Labute approximate surface area is 181 Å². The Morgan fingerprint density at radius 2 is 1.68 bits per heavy atom. The molecule has 5 nitrogen and oxygen atoms in total. The molecule has 0 aliphatic carbocycles. The number of aromatic nitrogens is 2. The van der Waals surface area contributed by atoms with Crippen molar-refractivity contribution < 1.29 is 14.6 Å². The average molecular weight is 412 g/mol. The Bertz CT molecular complexity index is 1270. The van der Waals surface area contributed by atoms with Gasteiger partial charge in [0, 0.05) is 5.69 Å². The summed E-state index contributed by atoms with van der Waals surface area (Å²) in [7, 11) is 0. The molecule has 1 N–H and O–H groups in total. The molecule has 4 rings (SSSR count). The first-order chi connectivity index (χ1) is 14.9. The second kappa shape index (κ2) is 8.48. The summed E-state index contributed by atoms with van der Waals surface area (Å²) in [5, 5.41) is 9.16. The van der Waals surface area contributed by atoms with E-state index in [-0.39, 0.29) is 6.10 Å². The van der Waals surface area contributed by atoms with E-state index in [0.29, 0.717) is 5.56 Å². The van der Waals surface area contributed by atoms with Crippen LogP contribution >= 0.6 is 0 Å². The fourth-order valence-electron chi connectivity index (χ4n) is 3.52. The van der Waals surface area contributed by atoms with Crippen LogP contribution in [0.25, 0.3) is 28.9 Å². The monoisotopic (exact) mass is 412 g/mol. The molecule has 31 heavy (non-hydrogen) atoms. The van der Waals surface area contributed by atoms with Crippen LogP contribution in [0.15, 0.2) is 67.0 Å². The lowest BCUT2D eigenvalue weighted by Gasteiger charge is -2.10. The largest absolute Gasteiger partial charge is 0.491 e. The van der Waals surface area contributed by atoms with Gasteiger partial charge in [0.25, 0.3) is 0 Å². The van der Waals surface area contributed by atoms with Crippen molar-refractivity contribution in [1.29, 1.82) is 0 Å². The molecule has 0 unspecified atom stereocenters. The van der Waals surface area contributed by atoms with Gasteiger partial charge in [-0.3, -0.25) is 4.57 Å². The molecule has 0 bridgehead atoms. The van der Waals surface area contributed by atoms with Crippen LogP contribution in [0.5, 0.6) is 5.75 Å². The van der Waals surface area contributed by atoms with Gasteiger partial charge in [0.1, 0.15) is 12.1 Å². The van der Waals surface area contributed by atoms with Gasteiger partial charge in [0.2, 0.25) is 0 Å². The zero-order valence-corrected chi connectivity index (χ0v) is 17.7. The van der Waals surface area contributed by atoms with E-state index in [2.05, 4.69) is 15.6 Å². The second-order valence-corrected chi connectivity index (χ2v) is 7.74. The number of hydrogen-bond acceptors (Lipinski definition) is 3. The fourth-order valence-corrected chi connectivity index (χ4v) is 3.52. The maximum atomic E-state index is 11.2. The number of benzene rings is 3. The molecule has 0 spiro atoms. The van der Waals surface area contributed by atoms with Crippen LogP contribution in [0.2, 0.25) is 0 Å². The Morgan fingerprint density at radius 3 is 2.32 bits per heavy atom. The summed E-state index contributed by atoms with van der Waals surface area (Å²) < 4.78 is 7.77. The molecule has 0 fully saturated rings.